The van der Waals surface area contributed by atoms with Crippen LogP contribution in [0, 0.1) is 35.5 Å². The minimum atomic E-state index is 0.758. The second kappa shape index (κ2) is 11.5. The summed E-state index contributed by atoms with van der Waals surface area (Å²) >= 11 is 0. The third-order valence-electron chi connectivity index (χ3n) is 7.37. The number of unbranched alkanes of at least 4 members (excludes halogenated alkanes) is 1. The predicted octanol–water partition coefficient (Wildman–Crippen LogP) is 7.96. The Morgan fingerprint density at radius 2 is 1.50 bits per heavy atom. The summed E-state index contributed by atoms with van der Waals surface area (Å²) in [5.74, 6) is 10.4. The average Bonchev–Trinajstić information content (AvgIpc) is 2.76. The lowest BCUT2D eigenvalue weighted by molar-refractivity contribution is 0.152. The standard InChI is InChI=1S/C28H40/c1-3-5-8-24-15-19-27(20-16-24)28-21-17-26(18-22-28)10-7-6-9-25-13-11-23(4-2)12-14-25/h7,10-14,24,26-28H,3-5,8,15-22H2,1-2H3/b10-7+/t24-,26?,27-,28?. The van der Waals surface area contributed by atoms with Crippen LogP contribution in [0.2, 0.25) is 0 Å². The van der Waals surface area contributed by atoms with Gasteiger partial charge in [-0.1, -0.05) is 76.0 Å². The summed E-state index contributed by atoms with van der Waals surface area (Å²) in [6, 6.07) is 8.66. The van der Waals surface area contributed by atoms with Crippen molar-refractivity contribution in [3.05, 3.63) is 47.5 Å². The van der Waals surface area contributed by atoms with Crippen LogP contribution < -0.4 is 0 Å². The van der Waals surface area contributed by atoms with Crippen molar-refractivity contribution in [2.24, 2.45) is 23.7 Å². The number of hydrogen-bond donors (Lipinski definition) is 0. The first-order valence-corrected chi connectivity index (χ1v) is 12.1. The lowest BCUT2D eigenvalue weighted by Crippen LogP contribution is -2.25. The molecule has 3 rings (SSSR count). The van der Waals surface area contributed by atoms with Gasteiger partial charge in [-0.3, -0.25) is 0 Å². The Kier molecular flexibility index (Phi) is 8.72. The van der Waals surface area contributed by atoms with Crippen LogP contribution in [-0.4, -0.2) is 0 Å². The van der Waals surface area contributed by atoms with Crippen LogP contribution in [0.1, 0.15) is 95.6 Å². The van der Waals surface area contributed by atoms with Crippen molar-refractivity contribution in [1.29, 1.82) is 0 Å². The van der Waals surface area contributed by atoms with Gasteiger partial charge in [0.15, 0.2) is 0 Å². The molecule has 0 nitrogen and oxygen atoms in total. The van der Waals surface area contributed by atoms with E-state index < -0.39 is 0 Å². The Bertz CT molecular complexity index is 638. The number of benzene rings is 1. The number of hydrogen-bond acceptors (Lipinski definition) is 0. The summed E-state index contributed by atoms with van der Waals surface area (Å²) in [5.41, 5.74) is 2.51. The van der Waals surface area contributed by atoms with Gasteiger partial charge in [0.05, 0.1) is 0 Å². The van der Waals surface area contributed by atoms with Gasteiger partial charge in [-0.2, -0.15) is 0 Å². The Morgan fingerprint density at radius 1 is 0.857 bits per heavy atom. The molecule has 0 heterocycles. The van der Waals surface area contributed by atoms with E-state index in [4.69, 9.17) is 0 Å². The molecule has 0 spiro atoms. The molecule has 0 N–H and O–H groups in total. The van der Waals surface area contributed by atoms with Crippen LogP contribution in [0.25, 0.3) is 0 Å². The Labute approximate surface area is 174 Å². The largest absolute Gasteiger partial charge is 0.0730 e. The maximum Gasteiger partial charge on any atom is 0.0249 e. The first kappa shape index (κ1) is 21.2. The van der Waals surface area contributed by atoms with Crippen LogP contribution in [0.15, 0.2) is 36.4 Å². The van der Waals surface area contributed by atoms with E-state index in [0.29, 0.717) is 0 Å². The molecule has 1 aromatic rings. The third-order valence-corrected chi connectivity index (χ3v) is 7.37. The average molecular weight is 377 g/mol. The van der Waals surface area contributed by atoms with E-state index in [-0.39, 0.29) is 0 Å². The summed E-state index contributed by atoms with van der Waals surface area (Å²) < 4.78 is 0. The van der Waals surface area contributed by atoms with Gasteiger partial charge < -0.3 is 0 Å². The summed E-state index contributed by atoms with van der Waals surface area (Å²) in [4.78, 5) is 0. The summed E-state index contributed by atoms with van der Waals surface area (Å²) in [7, 11) is 0. The molecular formula is C28H40. The molecule has 28 heavy (non-hydrogen) atoms. The SMILES string of the molecule is CCCC[C@H]1CC[C@H](C2CCC(/C=C/C#Cc3ccc(CC)cc3)CC2)CC1. The maximum absolute atomic E-state index is 3.28. The van der Waals surface area contributed by atoms with E-state index in [2.05, 4.69) is 62.1 Å². The summed E-state index contributed by atoms with van der Waals surface area (Å²) in [6.45, 7) is 4.52. The first-order valence-electron chi connectivity index (χ1n) is 12.1. The van der Waals surface area contributed by atoms with E-state index in [1.54, 1.807) is 0 Å². The minimum absolute atomic E-state index is 0.758. The van der Waals surface area contributed by atoms with Gasteiger partial charge in [-0.05, 0) is 92.4 Å². The van der Waals surface area contributed by atoms with Crippen molar-refractivity contribution >= 4 is 0 Å². The molecule has 0 aliphatic heterocycles. The molecule has 0 bridgehead atoms. The second-order valence-corrected chi connectivity index (χ2v) is 9.28. The lowest BCUT2D eigenvalue weighted by Gasteiger charge is -2.37. The molecule has 2 fully saturated rings. The monoisotopic (exact) mass is 376 g/mol. The summed E-state index contributed by atoms with van der Waals surface area (Å²) in [6.07, 6.45) is 21.6. The van der Waals surface area contributed by atoms with E-state index in [0.717, 1.165) is 35.7 Å². The second-order valence-electron chi connectivity index (χ2n) is 9.28. The molecule has 1 aromatic carbocycles. The molecule has 0 amide bonds. The zero-order valence-electron chi connectivity index (χ0n) is 18.3. The van der Waals surface area contributed by atoms with E-state index in [9.17, 15) is 0 Å². The first-order chi connectivity index (χ1) is 13.8. The lowest BCUT2D eigenvalue weighted by atomic mass is 9.68. The minimum Gasteiger partial charge on any atom is -0.0730 e. The fourth-order valence-electron chi connectivity index (χ4n) is 5.38. The molecule has 2 aliphatic rings. The van der Waals surface area contributed by atoms with Crippen molar-refractivity contribution < 1.29 is 0 Å². The van der Waals surface area contributed by atoms with Gasteiger partial charge in [0.25, 0.3) is 0 Å². The predicted molar refractivity (Wildman–Crippen MR) is 122 cm³/mol. The summed E-state index contributed by atoms with van der Waals surface area (Å²) in [5, 5.41) is 0. The van der Waals surface area contributed by atoms with Gasteiger partial charge in [-0.25, -0.2) is 0 Å². The Morgan fingerprint density at radius 3 is 2.11 bits per heavy atom. The highest BCUT2D eigenvalue weighted by Gasteiger charge is 2.30. The molecule has 152 valence electrons. The van der Waals surface area contributed by atoms with Crippen molar-refractivity contribution in [1.82, 2.24) is 0 Å². The van der Waals surface area contributed by atoms with E-state index in [1.807, 2.05) is 0 Å². The number of aryl methyl sites for hydroxylation is 1. The van der Waals surface area contributed by atoms with Gasteiger partial charge >= 0.3 is 0 Å². The van der Waals surface area contributed by atoms with Crippen LogP contribution >= 0.6 is 0 Å². The van der Waals surface area contributed by atoms with Gasteiger partial charge in [0.2, 0.25) is 0 Å². The fourth-order valence-corrected chi connectivity index (χ4v) is 5.38. The Balaban J connectivity index is 1.37. The van der Waals surface area contributed by atoms with Crippen molar-refractivity contribution in [2.75, 3.05) is 0 Å². The number of allylic oxidation sites excluding steroid dienone is 2. The molecule has 0 unspecified atom stereocenters. The zero-order chi connectivity index (χ0) is 19.6. The van der Waals surface area contributed by atoms with Crippen LogP contribution in [-0.2, 0) is 6.42 Å². The van der Waals surface area contributed by atoms with Crippen LogP contribution in [0.3, 0.4) is 0 Å². The van der Waals surface area contributed by atoms with E-state index >= 15 is 0 Å². The third kappa shape index (κ3) is 6.55. The molecule has 2 saturated carbocycles. The zero-order valence-corrected chi connectivity index (χ0v) is 18.3. The smallest absolute Gasteiger partial charge is 0.0249 e. The van der Waals surface area contributed by atoms with Crippen molar-refractivity contribution in [3.63, 3.8) is 0 Å². The van der Waals surface area contributed by atoms with Crippen LogP contribution in [0.4, 0.5) is 0 Å². The van der Waals surface area contributed by atoms with Gasteiger partial charge in [0.1, 0.15) is 0 Å². The number of rotatable bonds is 6. The molecule has 0 radical (unpaired) electrons. The van der Waals surface area contributed by atoms with Gasteiger partial charge in [0, 0.05) is 5.56 Å². The molecule has 0 saturated heterocycles. The molecule has 0 heteroatoms. The highest BCUT2D eigenvalue weighted by molar-refractivity contribution is 5.38. The molecule has 2 aliphatic carbocycles. The fraction of sp³-hybridized carbons (Fsp3) is 0.643. The molecular weight excluding hydrogens is 336 g/mol. The normalized spacial score (nSPS) is 28.1. The molecule has 0 atom stereocenters. The van der Waals surface area contributed by atoms with E-state index in [1.165, 1.54) is 76.2 Å². The Hall–Kier alpha value is -1.48. The van der Waals surface area contributed by atoms with Crippen molar-refractivity contribution in [2.45, 2.75) is 90.9 Å². The quantitative estimate of drug-likeness (QED) is 0.442. The highest BCUT2D eigenvalue weighted by atomic mass is 14.4. The maximum atomic E-state index is 3.28. The van der Waals surface area contributed by atoms with Crippen molar-refractivity contribution in [3.8, 4) is 11.8 Å². The van der Waals surface area contributed by atoms with Gasteiger partial charge in [-0.15, -0.1) is 0 Å². The molecule has 0 aromatic heterocycles. The highest BCUT2D eigenvalue weighted by Crippen LogP contribution is 2.42. The van der Waals surface area contributed by atoms with Crippen LogP contribution in [0.5, 0.6) is 0 Å². The topological polar surface area (TPSA) is 0 Å².